The fourth-order valence-corrected chi connectivity index (χ4v) is 4.16. The van der Waals surface area contributed by atoms with E-state index in [9.17, 15) is 19.5 Å². The number of aliphatic carboxylic acids is 1. The molecule has 0 aliphatic heterocycles. The van der Waals surface area contributed by atoms with Crippen LogP contribution in [0.5, 0.6) is 0 Å². The summed E-state index contributed by atoms with van der Waals surface area (Å²) in [5.41, 5.74) is 2.39. The average Bonchev–Trinajstić information content (AvgIpc) is 3.08. The lowest BCUT2D eigenvalue weighted by atomic mass is 9.73. The summed E-state index contributed by atoms with van der Waals surface area (Å²) in [4.78, 5) is 37.3. The van der Waals surface area contributed by atoms with Gasteiger partial charge in [0.25, 0.3) is 0 Å². The highest BCUT2D eigenvalue weighted by molar-refractivity contribution is 5.88. The van der Waals surface area contributed by atoms with Crippen LogP contribution in [0.2, 0.25) is 0 Å². The third kappa shape index (κ3) is 4.79. The predicted molar refractivity (Wildman–Crippen MR) is 130 cm³/mol. The van der Waals surface area contributed by atoms with E-state index in [1.807, 2.05) is 36.4 Å². The van der Waals surface area contributed by atoms with Gasteiger partial charge in [0.2, 0.25) is 5.91 Å². The fourth-order valence-electron chi connectivity index (χ4n) is 4.16. The van der Waals surface area contributed by atoms with Crippen molar-refractivity contribution in [1.29, 1.82) is 0 Å². The molecule has 2 amide bonds. The Hall–Kier alpha value is -3.35. The number of carbonyl (C=O) groups is 3. The van der Waals surface area contributed by atoms with Crippen LogP contribution in [0.15, 0.2) is 48.5 Å². The minimum absolute atomic E-state index is 0.0695. The SMILES string of the molecule is CC(C)[C@@H](NC(=O)C(C)(C)C(C)(C)NC(=O)OCC1c2ccccc2-c2ccccc21)C(=O)O. The van der Waals surface area contributed by atoms with E-state index >= 15 is 0 Å². The van der Waals surface area contributed by atoms with E-state index in [1.165, 1.54) is 0 Å². The van der Waals surface area contributed by atoms with Crippen molar-refractivity contribution in [2.24, 2.45) is 11.3 Å². The molecular formula is C27H34N2O5. The molecule has 0 spiro atoms. The van der Waals surface area contributed by atoms with Gasteiger partial charge >= 0.3 is 12.1 Å². The van der Waals surface area contributed by atoms with Gasteiger partial charge in [-0.1, -0.05) is 62.4 Å². The molecule has 7 heteroatoms. The van der Waals surface area contributed by atoms with E-state index in [-0.39, 0.29) is 18.4 Å². The minimum Gasteiger partial charge on any atom is -0.480 e. The normalized spacial score (nSPS) is 14.2. The molecule has 34 heavy (non-hydrogen) atoms. The third-order valence-corrected chi connectivity index (χ3v) is 7.11. The molecule has 0 bridgehead atoms. The van der Waals surface area contributed by atoms with E-state index in [2.05, 4.69) is 22.8 Å². The number of benzene rings is 2. The Balaban J connectivity index is 1.68. The molecule has 0 fully saturated rings. The van der Waals surface area contributed by atoms with E-state index < -0.39 is 35.0 Å². The number of alkyl carbamates (subject to hydrolysis) is 1. The van der Waals surface area contributed by atoms with Gasteiger partial charge in [0, 0.05) is 5.92 Å². The molecule has 0 heterocycles. The van der Waals surface area contributed by atoms with Crippen molar-refractivity contribution < 1.29 is 24.2 Å². The first-order valence-corrected chi connectivity index (χ1v) is 11.5. The number of carboxylic acids is 1. The quantitative estimate of drug-likeness (QED) is 0.529. The zero-order chi connectivity index (χ0) is 25.3. The molecule has 0 saturated carbocycles. The largest absolute Gasteiger partial charge is 0.480 e. The summed E-state index contributed by atoms with van der Waals surface area (Å²) in [6.45, 7) is 10.4. The summed E-state index contributed by atoms with van der Waals surface area (Å²) >= 11 is 0. The van der Waals surface area contributed by atoms with Gasteiger partial charge < -0.3 is 20.5 Å². The Labute approximate surface area is 200 Å². The molecule has 3 N–H and O–H groups in total. The third-order valence-electron chi connectivity index (χ3n) is 7.11. The second-order valence-electron chi connectivity index (χ2n) is 10.2. The first-order valence-electron chi connectivity index (χ1n) is 11.5. The predicted octanol–water partition coefficient (Wildman–Crippen LogP) is 4.56. The van der Waals surface area contributed by atoms with Gasteiger partial charge in [-0.3, -0.25) is 4.79 Å². The monoisotopic (exact) mass is 466 g/mol. The maximum atomic E-state index is 13.0. The Kier molecular flexibility index (Phi) is 7.05. The van der Waals surface area contributed by atoms with Crippen LogP contribution in [-0.4, -0.2) is 41.3 Å². The number of carboxylic acid groups (broad SMARTS) is 1. The second kappa shape index (κ2) is 9.49. The van der Waals surface area contributed by atoms with Crippen LogP contribution < -0.4 is 10.6 Å². The molecular weight excluding hydrogens is 432 g/mol. The Morgan fingerprint density at radius 3 is 1.91 bits per heavy atom. The number of carbonyl (C=O) groups excluding carboxylic acids is 2. The summed E-state index contributed by atoms with van der Waals surface area (Å²) in [7, 11) is 0. The molecule has 3 rings (SSSR count). The van der Waals surface area contributed by atoms with Crippen LogP contribution in [0.25, 0.3) is 11.1 Å². The first-order chi connectivity index (χ1) is 15.9. The van der Waals surface area contributed by atoms with E-state index in [4.69, 9.17) is 4.74 Å². The smallest absolute Gasteiger partial charge is 0.407 e. The number of hydrogen-bond donors (Lipinski definition) is 3. The van der Waals surface area contributed by atoms with Crippen LogP contribution in [0.1, 0.15) is 58.6 Å². The molecule has 182 valence electrons. The van der Waals surface area contributed by atoms with Crippen LogP contribution in [0.3, 0.4) is 0 Å². The molecule has 0 radical (unpaired) electrons. The lowest BCUT2D eigenvalue weighted by Crippen LogP contribution is -2.61. The highest BCUT2D eigenvalue weighted by Gasteiger charge is 2.46. The number of amides is 2. The Morgan fingerprint density at radius 2 is 1.44 bits per heavy atom. The molecule has 1 aliphatic carbocycles. The number of nitrogens with one attached hydrogen (secondary N) is 2. The number of rotatable bonds is 8. The summed E-state index contributed by atoms with van der Waals surface area (Å²) in [6, 6.07) is 15.2. The summed E-state index contributed by atoms with van der Waals surface area (Å²) in [5.74, 6) is -1.91. The molecule has 2 aromatic rings. The summed E-state index contributed by atoms with van der Waals surface area (Å²) in [6.07, 6.45) is -0.633. The van der Waals surface area contributed by atoms with Crippen molar-refractivity contribution in [1.82, 2.24) is 10.6 Å². The van der Waals surface area contributed by atoms with Crippen LogP contribution >= 0.6 is 0 Å². The standard InChI is InChI=1S/C27H34N2O5/c1-16(2)22(23(30)31)28-24(32)26(3,4)27(5,6)29-25(33)34-15-21-19-13-9-7-11-17(19)18-12-8-10-14-20(18)21/h7-14,16,21-22H,15H2,1-6H3,(H,28,32)(H,29,33)(H,30,31)/t22-/m1/s1. The first kappa shape index (κ1) is 25.3. The topological polar surface area (TPSA) is 105 Å². The van der Waals surface area contributed by atoms with E-state index in [0.717, 1.165) is 22.3 Å². The minimum atomic E-state index is -1.11. The summed E-state index contributed by atoms with van der Waals surface area (Å²) in [5, 5.41) is 14.8. The Morgan fingerprint density at radius 1 is 0.941 bits per heavy atom. The van der Waals surface area contributed by atoms with Gasteiger partial charge in [-0.2, -0.15) is 0 Å². The van der Waals surface area contributed by atoms with Gasteiger partial charge in [0.1, 0.15) is 12.6 Å². The average molecular weight is 467 g/mol. The van der Waals surface area contributed by atoms with Crippen LogP contribution in [0.4, 0.5) is 4.79 Å². The van der Waals surface area contributed by atoms with Crippen molar-refractivity contribution in [3.05, 3.63) is 59.7 Å². The maximum absolute atomic E-state index is 13.0. The fraction of sp³-hybridized carbons (Fsp3) is 0.444. The van der Waals surface area contributed by atoms with Gasteiger partial charge in [-0.25, -0.2) is 9.59 Å². The van der Waals surface area contributed by atoms with Crippen molar-refractivity contribution in [3.8, 4) is 11.1 Å². The molecule has 0 unspecified atom stereocenters. The highest BCUT2D eigenvalue weighted by Crippen LogP contribution is 2.44. The van der Waals surface area contributed by atoms with Crippen molar-refractivity contribution in [3.63, 3.8) is 0 Å². The molecule has 0 aromatic heterocycles. The molecule has 1 aliphatic rings. The van der Waals surface area contributed by atoms with Crippen molar-refractivity contribution in [2.75, 3.05) is 6.61 Å². The lowest BCUT2D eigenvalue weighted by Gasteiger charge is -2.41. The van der Waals surface area contributed by atoms with Gasteiger partial charge in [-0.15, -0.1) is 0 Å². The molecule has 1 atom stereocenters. The number of hydrogen-bond acceptors (Lipinski definition) is 4. The van der Waals surface area contributed by atoms with Crippen LogP contribution in [-0.2, 0) is 14.3 Å². The molecule has 0 saturated heterocycles. The van der Waals surface area contributed by atoms with Crippen molar-refractivity contribution >= 4 is 18.0 Å². The zero-order valence-electron chi connectivity index (χ0n) is 20.6. The van der Waals surface area contributed by atoms with Crippen molar-refractivity contribution in [2.45, 2.75) is 59.0 Å². The van der Waals surface area contributed by atoms with Gasteiger partial charge in [0.05, 0.1) is 11.0 Å². The van der Waals surface area contributed by atoms with E-state index in [1.54, 1.807) is 41.5 Å². The van der Waals surface area contributed by atoms with Gasteiger partial charge in [-0.05, 0) is 55.9 Å². The number of ether oxygens (including phenoxy) is 1. The van der Waals surface area contributed by atoms with Gasteiger partial charge in [0.15, 0.2) is 0 Å². The zero-order valence-corrected chi connectivity index (χ0v) is 20.6. The Bertz CT molecular complexity index is 1040. The summed E-state index contributed by atoms with van der Waals surface area (Å²) < 4.78 is 5.63. The molecule has 7 nitrogen and oxygen atoms in total. The lowest BCUT2D eigenvalue weighted by molar-refractivity contribution is -0.146. The number of fused-ring (bicyclic) bond motifs is 3. The highest BCUT2D eigenvalue weighted by atomic mass is 16.5. The second-order valence-corrected chi connectivity index (χ2v) is 10.2. The van der Waals surface area contributed by atoms with Crippen LogP contribution in [0, 0.1) is 11.3 Å². The maximum Gasteiger partial charge on any atom is 0.407 e. The van der Waals surface area contributed by atoms with E-state index in [0.29, 0.717) is 0 Å². The molecule has 2 aromatic carbocycles.